The first-order valence-corrected chi connectivity index (χ1v) is 7.71. The maximum absolute atomic E-state index is 5.96. The Morgan fingerprint density at radius 1 is 1.14 bits per heavy atom. The van der Waals surface area contributed by atoms with Gasteiger partial charge in [0, 0.05) is 26.7 Å². The van der Waals surface area contributed by atoms with Crippen LogP contribution in [0.2, 0.25) is 0 Å². The van der Waals surface area contributed by atoms with Crippen LogP contribution in [0.25, 0.3) is 10.8 Å². The average molecular weight is 301 g/mol. The molecule has 0 saturated carbocycles. The Morgan fingerprint density at radius 2 is 1.95 bits per heavy atom. The number of hydrogen-bond acceptors (Lipinski definition) is 4. The van der Waals surface area contributed by atoms with E-state index >= 15 is 0 Å². The molecule has 0 amide bonds. The van der Waals surface area contributed by atoms with E-state index in [0.29, 0.717) is 0 Å². The minimum absolute atomic E-state index is 0.136. The van der Waals surface area contributed by atoms with E-state index in [-0.39, 0.29) is 6.10 Å². The highest BCUT2D eigenvalue weighted by molar-refractivity contribution is 5.84. The van der Waals surface area contributed by atoms with E-state index in [1.54, 1.807) is 14.2 Å². The largest absolute Gasteiger partial charge is 0.497 e. The topological polar surface area (TPSA) is 30.9 Å². The van der Waals surface area contributed by atoms with E-state index in [2.05, 4.69) is 35.2 Å². The molecule has 1 aliphatic rings. The first-order valence-electron chi connectivity index (χ1n) is 7.71. The first-order chi connectivity index (χ1) is 10.8. The van der Waals surface area contributed by atoms with Gasteiger partial charge in [0.1, 0.15) is 5.75 Å². The molecule has 4 nitrogen and oxygen atoms in total. The molecule has 2 aromatic rings. The van der Waals surface area contributed by atoms with Crippen molar-refractivity contribution in [2.45, 2.75) is 6.10 Å². The Labute approximate surface area is 131 Å². The zero-order chi connectivity index (χ0) is 15.4. The van der Waals surface area contributed by atoms with E-state index in [4.69, 9.17) is 14.2 Å². The summed E-state index contributed by atoms with van der Waals surface area (Å²) in [4.78, 5) is 2.40. The van der Waals surface area contributed by atoms with Crippen LogP contribution in [0.1, 0.15) is 11.7 Å². The normalized spacial score (nSPS) is 19.5. The van der Waals surface area contributed by atoms with Gasteiger partial charge in [0.2, 0.25) is 0 Å². The van der Waals surface area contributed by atoms with E-state index < -0.39 is 0 Å². The Bertz CT molecular complexity index is 629. The molecule has 0 radical (unpaired) electrons. The number of rotatable bonds is 5. The number of methoxy groups -OCH3 is 2. The van der Waals surface area contributed by atoms with Crippen molar-refractivity contribution in [3.8, 4) is 5.75 Å². The smallest absolute Gasteiger partial charge is 0.119 e. The molecule has 1 unspecified atom stereocenters. The summed E-state index contributed by atoms with van der Waals surface area (Å²) in [5, 5.41) is 2.41. The number of fused-ring (bicyclic) bond motifs is 1. The molecule has 0 bridgehead atoms. The third kappa shape index (κ3) is 3.40. The molecule has 1 aliphatic heterocycles. The zero-order valence-electron chi connectivity index (χ0n) is 13.2. The molecule has 22 heavy (non-hydrogen) atoms. The monoisotopic (exact) mass is 301 g/mol. The summed E-state index contributed by atoms with van der Waals surface area (Å²) in [6, 6.07) is 12.7. The van der Waals surface area contributed by atoms with Crippen LogP contribution in [0.4, 0.5) is 0 Å². The lowest BCUT2D eigenvalue weighted by molar-refractivity contribution is -0.0355. The third-order valence-corrected chi connectivity index (χ3v) is 4.21. The maximum Gasteiger partial charge on any atom is 0.119 e. The highest BCUT2D eigenvalue weighted by Gasteiger charge is 2.21. The fourth-order valence-electron chi connectivity index (χ4n) is 2.90. The van der Waals surface area contributed by atoms with Crippen molar-refractivity contribution in [3.63, 3.8) is 0 Å². The van der Waals surface area contributed by atoms with Gasteiger partial charge in [-0.25, -0.2) is 0 Å². The van der Waals surface area contributed by atoms with Gasteiger partial charge in [-0.3, -0.25) is 4.90 Å². The second-order valence-electron chi connectivity index (χ2n) is 5.63. The number of benzene rings is 2. The molecule has 0 N–H and O–H groups in total. The Morgan fingerprint density at radius 3 is 2.77 bits per heavy atom. The van der Waals surface area contributed by atoms with E-state index in [1.165, 1.54) is 16.3 Å². The van der Waals surface area contributed by atoms with Crippen molar-refractivity contribution in [1.82, 2.24) is 4.90 Å². The summed E-state index contributed by atoms with van der Waals surface area (Å²) in [5.74, 6) is 0.889. The summed E-state index contributed by atoms with van der Waals surface area (Å²) < 4.78 is 16.4. The van der Waals surface area contributed by atoms with Crippen LogP contribution in [-0.2, 0) is 9.47 Å². The lowest BCUT2D eigenvalue weighted by atomic mass is 10.0. The van der Waals surface area contributed by atoms with Gasteiger partial charge < -0.3 is 14.2 Å². The van der Waals surface area contributed by atoms with Gasteiger partial charge in [-0.1, -0.05) is 18.2 Å². The maximum atomic E-state index is 5.96. The van der Waals surface area contributed by atoms with Crippen molar-refractivity contribution in [2.75, 3.05) is 47.1 Å². The predicted molar refractivity (Wildman–Crippen MR) is 87.5 cm³/mol. The highest BCUT2D eigenvalue weighted by Crippen LogP contribution is 2.27. The molecule has 1 atom stereocenters. The van der Waals surface area contributed by atoms with Gasteiger partial charge in [0.05, 0.1) is 26.4 Å². The number of morpholine rings is 1. The molecule has 0 aromatic heterocycles. The van der Waals surface area contributed by atoms with Crippen LogP contribution >= 0.6 is 0 Å². The minimum Gasteiger partial charge on any atom is -0.497 e. The highest BCUT2D eigenvalue weighted by atomic mass is 16.5. The minimum atomic E-state index is 0.136. The van der Waals surface area contributed by atoms with E-state index in [0.717, 1.165) is 38.6 Å². The average Bonchev–Trinajstić information content (AvgIpc) is 2.59. The summed E-state index contributed by atoms with van der Waals surface area (Å²) in [6.45, 7) is 4.40. The van der Waals surface area contributed by atoms with Crippen LogP contribution < -0.4 is 4.74 Å². The number of hydrogen-bond donors (Lipinski definition) is 0. The van der Waals surface area contributed by atoms with Crippen LogP contribution in [-0.4, -0.2) is 52.0 Å². The predicted octanol–water partition coefficient (Wildman–Crippen LogP) is 2.87. The molecule has 0 spiro atoms. The standard InChI is InChI=1S/C18H23NO3/c1-20-9-7-19-8-10-22-18(13-19)16-4-3-15-12-17(21-2)6-5-14(15)11-16/h3-6,11-12,18H,7-10,13H2,1-2H3. The molecule has 2 aromatic carbocycles. The third-order valence-electron chi connectivity index (χ3n) is 4.21. The second-order valence-corrected chi connectivity index (χ2v) is 5.63. The van der Waals surface area contributed by atoms with Crippen molar-refractivity contribution >= 4 is 10.8 Å². The van der Waals surface area contributed by atoms with Crippen molar-refractivity contribution in [3.05, 3.63) is 42.0 Å². The molecule has 3 rings (SSSR count). The second kappa shape index (κ2) is 7.09. The number of ether oxygens (including phenoxy) is 3. The van der Waals surface area contributed by atoms with Crippen LogP contribution in [0.5, 0.6) is 5.75 Å². The van der Waals surface area contributed by atoms with Crippen LogP contribution in [0, 0.1) is 0 Å². The SMILES string of the molecule is COCCN1CCOC(c2ccc3cc(OC)ccc3c2)C1. The van der Waals surface area contributed by atoms with E-state index in [9.17, 15) is 0 Å². The molecular weight excluding hydrogens is 278 g/mol. The number of nitrogens with zero attached hydrogens (tertiary/aromatic N) is 1. The van der Waals surface area contributed by atoms with Crippen LogP contribution in [0.3, 0.4) is 0 Å². The van der Waals surface area contributed by atoms with Crippen molar-refractivity contribution in [1.29, 1.82) is 0 Å². The van der Waals surface area contributed by atoms with Gasteiger partial charge in [-0.2, -0.15) is 0 Å². The molecular formula is C18H23NO3. The summed E-state index contributed by atoms with van der Waals surface area (Å²) in [6.07, 6.45) is 0.136. The molecule has 0 aliphatic carbocycles. The summed E-state index contributed by atoms with van der Waals surface area (Å²) >= 11 is 0. The molecule has 118 valence electrons. The molecule has 4 heteroatoms. The molecule has 1 fully saturated rings. The Balaban J connectivity index is 1.77. The Hall–Kier alpha value is -1.62. The van der Waals surface area contributed by atoms with Crippen molar-refractivity contribution < 1.29 is 14.2 Å². The lowest BCUT2D eigenvalue weighted by Gasteiger charge is -2.33. The molecule has 1 saturated heterocycles. The Kier molecular flexibility index (Phi) is 4.93. The van der Waals surface area contributed by atoms with Crippen molar-refractivity contribution in [2.24, 2.45) is 0 Å². The first kappa shape index (κ1) is 15.3. The quantitative estimate of drug-likeness (QED) is 0.850. The van der Waals surface area contributed by atoms with Gasteiger partial charge in [0.15, 0.2) is 0 Å². The van der Waals surface area contributed by atoms with Gasteiger partial charge >= 0.3 is 0 Å². The zero-order valence-corrected chi connectivity index (χ0v) is 13.2. The van der Waals surface area contributed by atoms with Gasteiger partial charge in [0.25, 0.3) is 0 Å². The molecule has 1 heterocycles. The van der Waals surface area contributed by atoms with E-state index in [1.807, 2.05) is 6.07 Å². The fraction of sp³-hybridized carbons (Fsp3) is 0.444. The lowest BCUT2D eigenvalue weighted by Crippen LogP contribution is -2.40. The summed E-state index contributed by atoms with van der Waals surface area (Å²) in [5.41, 5.74) is 1.24. The van der Waals surface area contributed by atoms with Gasteiger partial charge in [-0.15, -0.1) is 0 Å². The van der Waals surface area contributed by atoms with Crippen LogP contribution in [0.15, 0.2) is 36.4 Å². The summed E-state index contributed by atoms with van der Waals surface area (Å²) in [7, 11) is 3.44. The fourth-order valence-corrected chi connectivity index (χ4v) is 2.90. The van der Waals surface area contributed by atoms with Gasteiger partial charge in [-0.05, 0) is 34.5 Å².